The van der Waals surface area contributed by atoms with E-state index in [0.717, 1.165) is 5.56 Å². The lowest BCUT2D eigenvalue weighted by Gasteiger charge is -2.09. The van der Waals surface area contributed by atoms with Gasteiger partial charge in [-0.2, -0.15) is 4.98 Å². The van der Waals surface area contributed by atoms with E-state index in [4.69, 9.17) is 4.74 Å². The Morgan fingerprint density at radius 1 is 0.933 bits per heavy atom. The standard InChI is InChI=1S/C24H18FN3O2/c25-20-10-4-8-18(14-20)23-26-13-12-22(28-23)30-21-11-5-9-19(15-21)24(29)27-16-17-6-2-1-3-7-17/h1-15H,16H2,(H,27,29). The fourth-order valence-corrected chi connectivity index (χ4v) is 2.87. The summed E-state index contributed by atoms with van der Waals surface area (Å²) in [5, 5.41) is 2.89. The minimum Gasteiger partial charge on any atom is -0.439 e. The molecule has 0 spiro atoms. The fourth-order valence-electron chi connectivity index (χ4n) is 2.87. The molecule has 148 valence electrons. The molecule has 0 bridgehead atoms. The molecule has 1 heterocycles. The van der Waals surface area contributed by atoms with E-state index in [9.17, 15) is 9.18 Å². The van der Waals surface area contributed by atoms with Crippen molar-refractivity contribution < 1.29 is 13.9 Å². The van der Waals surface area contributed by atoms with Crippen molar-refractivity contribution in [1.29, 1.82) is 0 Å². The highest BCUT2D eigenvalue weighted by Crippen LogP contribution is 2.23. The first-order valence-electron chi connectivity index (χ1n) is 9.36. The zero-order valence-electron chi connectivity index (χ0n) is 16.0. The molecule has 0 saturated carbocycles. The lowest BCUT2D eigenvalue weighted by Crippen LogP contribution is -2.22. The van der Waals surface area contributed by atoms with Crippen LogP contribution in [0.25, 0.3) is 11.4 Å². The number of hydrogen-bond acceptors (Lipinski definition) is 4. The third kappa shape index (κ3) is 4.86. The summed E-state index contributed by atoms with van der Waals surface area (Å²) >= 11 is 0. The van der Waals surface area contributed by atoms with Crippen LogP contribution in [0.2, 0.25) is 0 Å². The summed E-state index contributed by atoms with van der Waals surface area (Å²) in [5.74, 6) is 0.546. The van der Waals surface area contributed by atoms with E-state index in [-0.39, 0.29) is 11.7 Å². The number of amides is 1. The van der Waals surface area contributed by atoms with Gasteiger partial charge in [0.2, 0.25) is 5.88 Å². The van der Waals surface area contributed by atoms with E-state index in [1.807, 2.05) is 30.3 Å². The van der Waals surface area contributed by atoms with Crippen molar-refractivity contribution in [3.8, 4) is 23.0 Å². The Bertz CT molecular complexity index is 1170. The van der Waals surface area contributed by atoms with E-state index in [0.29, 0.717) is 35.1 Å². The molecule has 3 aromatic carbocycles. The predicted octanol–water partition coefficient (Wildman–Crippen LogP) is 5.01. The van der Waals surface area contributed by atoms with Crippen LogP contribution in [0.4, 0.5) is 4.39 Å². The summed E-state index contributed by atoms with van der Waals surface area (Å²) in [6.07, 6.45) is 1.54. The topological polar surface area (TPSA) is 64.1 Å². The van der Waals surface area contributed by atoms with Crippen molar-refractivity contribution in [1.82, 2.24) is 15.3 Å². The Balaban J connectivity index is 1.47. The zero-order valence-corrected chi connectivity index (χ0v) is 16.0. The molecule has 30 heavy (non-hydrogen) atoms. The van der Waals surface area contributed by atoms with E-state index < -0.39 is 0 Å². The lowest BCUT2D eigenvalue weighted by atomic mass is 10.2. The van der Waals surface area contributed by atoms with Crippen LogP contribution in [0, 0.1) is 5.82 Å². The van der Waals surface area contributed by atoms with E-state index in [1.165, 1.54) is 12.1 Å². The van der Waals surface area contributed by atoms with Gasteiger partial charge >= 0.3 is 0 Å². The molecule has 0 saturated heterocycles. The molecule has 0 unspecified atom stereocenters. The monoisotopic (exact) mass is 399 g/mol. The number of nitrogens with zero attached hydrogens (tertiary/aromatic N) is 2. The molecule has 1 amide bonds. The van der Waals surface area contributed by atoms with Gasteiger partial charge in [-0.15, -0.1) is 0 Å². The second-order valence-electron chi connectivity index (χ2n) is 6.53. The number of aromatic nitrogens is 2. The number of nitrogens with one attached hydrogen (secondary N) is 1. The van der Waals surface area contributed by atoms with E-state index in [1.54, 1.807) is 48.7 Å². The van der Waals surface area contributed by atoms with Crippen LogP contribution in [-0.2, 0) is 6.54 Å². The van der Waals surface area contributed by atoms with Gasteiger partial charge in [-0.1, -0.05) is 48.5 Å². The van der Waals surface area contributed by atoms with Crippen molar-refractivity contribution in [3.05, 3.63) is 108 Å². The Kier molecular flexibility index (Phi) is 5.75. The average molecular weight is 399 g/mol. The Hall–Kier alpha value is -4.06. The summed E-state index contributed by atoms with van der Waals surface area (Å²) in [6.45, 7) is 0.438. The second kappa shape index (κ2) is 8.96. The van der Waals surface area contributed by atoms with Crippen molar-refractivity contribution >= 4 is 5.91 Å². The molecule has 0 atom stereocenters. The summed E-state index contributed by atoms with van der Waals surface area (Å²) in [4.78, 5) is 21.0. The van der Waals surface area contributed by atoms with Gasteiger partial charge in [0, 0.05) is 29.9 Å². The van der Waals surface area contributed by atoms with Gasteiger partial charge in [-0.05, 0) is 35.9 Å². The molecular weight excluding hydrogens is 381 g/mol. The first-order chi connectivity index (χ1) is 14.7. The third-order valence-electron chi connectivity index (χ3n) is 4.33. The number of hydrogen-bond donors (Lipinski definition) is 1. The number of rotatable bonds is 6. The molecule has 0 fully saturated rings. The minimum atomic E-state index is -0.364. The maximum absolute atomic E-state index is 13.5. The average Bonchev–Trinajstić information content (AvgIpc) is 2.78. The maximum atomic E-state index is 13.5. The highest BCUT2D eigenvalue weighted by atomic mass is 19.1. The normalized spacial score (nSPS) is 10.4. The maximum Gasteiger partial charge on any atom is 0.251 e. The number of ether oxygens (including phenoxy) is 1. The van der Waals surface area contributed by atoms with Crippen molar-refractivity contribution in [2.75, 3.05) is 0 Å². The zero-order chi connectivity index (χ0) is 20.8. The van der Waals surface area contributed by atoms with Crippen LogP contribution >= 0.6 is 0 Å². The Morgan fingerprint density at radius 3 is 2.60 bits per heavy atom. The third-order valence-corrected chi connectivity index (χ3v) is 4.33. The predicted molar refractivity (Wildman–Crippen MR) is 112 cm³/mol. The van der Waals surface area contributed by atoms with Crippen molar-refractivity contribution in [2.24, 2.45) is 0 Å². The smallest absolute Gasteiger partial charge is 0.251 e. The number of benzene rings is 3. The van der Waals surface area contributed by atoms with Gasteiger partial charge in [0.15, 0.2) is 5.82 Å². The van der Waals surface area contributed by atoms with Crippen LogP contribution in [-0.4, -0.2) is 15.9 Å². The van der Waals surface area contributed by atoms with Crippen LogP contribution in [0.3, 0.4) is 0 Å². The van der Waals surface area contributed by atoms with E-state index in [2.05, 4.69) is 15.3 Å². The van der Waals surface area contributed by atoms with Gasteiger partial charge in [-0.3, -0.25) is 4.79 Å². The van der Waals surface area contributed by atoms with Gasteiger partial charge in [0.1, 0.15) is 11.6 Å². The molecule has 0 aliphatic carbocycles. The highest BCUT2D eigenvalue weighted by Gasteiger charge is 2.09. The highest BCUT2D eigenvalue weighted by molar-refractivity contribution is 5.94. The van der Waals surface area contributed by atoms with Crippen molar-refractivity contribution in [3.63, 3.8) is 0 Å². The molecule has 4 aromatic rings. The molecule has 0 radical (unpaired) electrons. The fraction of sp³-hybridized carbons (Fsp3) is 0.0417. The Morgan fingerprint density at radius 2 is 1.77 bits per heavy atom. The summed E-state index contributed by atoms with van der Waals surface area (Å²) in [5.41, 5.74) is 2.04. The molecule has 4 rings (SSSR count). The number of halogens is 1. The van der Waals surface area contributed by atoms with Crippen LogP contribution < -0.4 is 10.1 Å². The van der Waals surface area contributed by atoms with Gasteiger partial charge in [0.05, 0.1) is 0 Å². The molecular formula is C24H18FN3O2. The first-order valence-corrected chi connectivity index (χ1v) is 9.36. The second-order valence-corrected chi connectivity index (χ2v) is 6.53. The molecule has 0 aliphatic rings. The number of carbonyl (C=O) groups is 1. The van der Waals surface area contributed by atoms with Crippen LogP contribution in [0.5, 0.6) is 11.6 Å². The number of carbonyl (C=O) groups excluding carboxylic acids is 1. The molecule has 1 N–H and O–H groups in total. The largest absolute Gasteiger partial charge is 0.439 e. The summed E-state index contributed by atoms with van der Waals surface area (Å²) in [6, 6.07) is 24.1. The molecule has 6 heteroatoms. The summed E-state index contributed by atoms with van der Waals surface area (Å²) < 4.78 is 19.3. The van der Waals surface area contributed by atoms with Gasteiger partial charge in [0.25, 0.3) is 5.91 Å². The summed E-state index contributed by atoms with van der Waals surface area (Å²) in [7, 11) is 0. The van der Waals surface area contributed by atoms with Crippen LogP contribution in [0.1, 0.15) is 15.9 Å². The van der Waals surface area contributed by atoms with Crippen LogP contribution in [0.15, 0.2) is 91.1 Å². The lowest BCUT2D eigenvalue weighted by molar-refractivity contribution is 0.0950. The van der Waals surface area contributed by atoms with E-state index >= 15 is 0 Å². The Labute approximate surface area is 173 Å². The SMILES string of the molecule is O=C(NCc1ccccc1)c1cccc(Oc2ccnc(-c3cccc(F)c3)n2)c1. The first kappa shape index (κ1) is 19.3. The minimum absolute atomic E-state index is 0.201. The quantitative estimate of drug-likeness (QED) is 0.495. The molecule has 1 aromatic heterocycles. The molecule has 5 nitrogen and oxygen atoms in total. The van der Waals surface area contributed by atoms with Gasteiger partial charge in [-0.25, -0.2) is 9.37 Å². The van der Waals surface area contributed by atoms with Gasteiger partial charge < -0.3 is 10.1 Å². The molecule has 0 aliphatic heterocycles. The van der Waals surface area contributed by atoms with Crippen molar-refractivity contribution in [2.45, 2.75) is 6.54 Å².